The van der Waals surface area contributed by atoms with E-state index in [9.17, 15) is 5.11 Å². The summed E-state index contributed by atoms with van der Waals surface area (Å²) in [4.78, 5) is 0. The molecular weight excluding hydrogens is 176 g/mol. The lowest BCUT2D eigenvalue weighted by molar-refractivity contribution is 0.165. The second kappa shape index (κ2) is 5.46. The summed E-state index contributed by atoms with van der Waals surface area (Å²) in [7, 11) is 0. The minimum absolute atomic E-state index is 0.427. The number of aliphatic hydroxyl groups excluding tert-OH is 1. The molecule has 1 unspecified atom stereocenters. The standard InChI is InChI=1S/C11H16N2O/c1-3-5-6-7-11(14)10-8-12-13(4-2)9-10/h1,8-9,11,14H,4-7H2,2H3. The molecule has 1 rings (SSSR count). The Hall–Kier alpha value is -1.27. The molecule has 76 valence electrons. The van der Waals surface area contributed by atoms with E-state index >= 15 is 0 Å². The third-order valence-electron chi connectivity index (χ3n) is 2.16. The van der Waals surface area contributed by atoms with Crippen molar-refractivity contribution in [3.05, 3.63) is 18.0 Å². The molecule has 0 aliphatic heterocycles. The summed E-state index contributed by atoms with van der Waals surface area (Å²) in [6, 6.07) is 0. The van der Waals surface area contributed by atoms with Gasteiger partial charge >= 0.3 is 0 Å². The molecule has 0 saturated carbocycles. The number of unbranched alkanes of at least 4 members (excludes halogenated alkanes) is 1. The fraction of sp³-hybridized carbons (Fsp3) is 0.545. The molecular formula is C11H16N2O. The number of terminal acetylenes is 1. The van der Waals surface area contributed by atoms with E-state index < -0.39 is 6.10 Å². The van der Waals surface area contributed by atoms with Crippen LogP contribution in [0.3, 0.4) is 0 Å². The largest absolute Gasteiger partial charge is 0.388 e. The quantitative estimate of drug-likeness (QED) is 0.570. The Labute approximate surface area is 84.8 Å². The summed E-state index contributed by atoms with van der Waals surface area (Å²) in [5, 5.41) is 13.8. The van der Waals surface area contributed by atoms with Crippen molar-refractivity contribution >= 4 is 0 Å². The molecule has 1 aromatic heterocycles. The third-order valence-corrected chi connectivity index (χ3v) is 2.16. The number of nitrogens with zero attached hydrogens (tertiary/aromatic N) is 2. The highest BCUT2D eigenvalue weighted by Crippen LogP contribution is 2.17. The molecule has 0 radical (unpaired) electrons. The minimum atomic E-state index is -0.427. The van der Waals surface area contributed by atoms with Gasteiger partial charge in [-0.1, -0.05) is 0 Å². The topological polar surface area (TPSA) is 38.1 Å². The summed E-state index contributed by atoms with van der Waals surface area (Å²) >= 11 is 0. The van der Waals surface area contributed by atoms with Gasteiger partial charge in [-0.2, -0.15) is 5.10 Å². The smallest absolute Gasteiger partial charge is 0.0820 e. The highest BCUT2D eigenvalue weighted by Gasteiger charge is 2.08. The van der Waals surface area contributed by atoms with Crippen LogP contribution in [0, 0.1) is 12.3 Å². The first-order valence-electron chi connectivity index (χ1n) is 4.91. The van der Waals surface area contributed by atoms with E-state index in [1.54, 1.807) is 10.9 Å². The number of hydrogen-bond acceptors (Lipinski definition) is 2. The predicted molar refractivity (Wildman–Crippen MR) is 55.5 cm³/mol. The summed E-state index contributed by atoms with van der Waals surface area (Å²) in [5.74, 6) is 2.56. The Morgan fingerprint density at radius 1 is 1.71 bits per heavy atom. The molecule has 0 bridgehead atoms. The highest BCUT2D eigenvalue weighted by molar-refractivity contribution is 5.07. The van der Waals surface area contributed by atoms with Crippen LogP contribution in [0.1, 0.15) is 37.9 Å². The van der Waals surface area contributed by atoms with Gasteiger partial charge in [0.05, 0.1) is 12.3 Å². The third kappa shape index (κ3) is 2.90. The molecule has 0 fully saturated rings. The monoisotopic (exact) mass is 192 g/mol. The molecule has 0 aliphatic rings. The van der Waals surface area contributed by atoms with Crippen LogP contribution in [0.25, 0.3) is 0 Å². The highest BCUT2D eigenvalue weighted by atomic mass is 16.3. The summed E-state index contributed by atoms with van der Waals surface area (Å²) in [6.07, 6.45) is 10.6. The zero-order valence-electron chi connectivity index (χ0n) is 8.48. The van der Waals surface area contributed by atoms with Crippen molar-refractivity contribution in [2.75, 3.05) is 0 Å². The maximum absolute atomic E-state index is 9.73. The minimum Gasteiger partial charge on any atom is -0.388 e. The lowest BCUT2D eigenvalue weighted by Gasteiger charge is -2.05. The molecule has 0 spiro atoms. The number of aryl methyl sites for hydroxylation is 1. The lowest BCUT2D eigenvalue weighted by atomic mass is 10.1. The summed E-state index contributed by atoms with van der Waals surface area (Å²) in [6.45, 7) is 2.85. The second-order valence-electron chi connectivity index (χ2n) is 3.24. The van der Waals surface area contributed by atoms with Crippen LogP contribution in [-0.2, 0) is 6.54 Å². The zero-order valence-corrected chi connectivity index (χ0v) is 8.48. The molecule has 1 aromatic rings. The maximum atomic E-state index is 9.73. The van der Waals surface area contributed by atoms with Crippen molar-refractivity contribution in [1.29, 1.82) is 0 Å². The number of aromatic nitrogens is 2. The van der Waals surface area contributed by atoms with Gasteiger partial charge in [-0.15, -0.1) is 12.3 Å². The first kappa shape index (κ1) is 10.8. The number of aliphatic hydroxyl groups is 1. The van der Waals surface area contributed by atoms with Crippen molar-refractivity contribution < 1.29 is 5.11 Å². The van der Waals surface area contributed by atoms with Crippen LogP contribution in [0.2, 0.25) is 0 Å². The summed E-state index contributed by atoms with van der Waals surface area (Å²) in [5.41, 5.74) is 0.879. The molecule has 1 atom stereocenters. The van der Waals surface area contributed by atoms with Crippen LogP contribution in [0.15, 0.2) is 12.4 Å². The van der Waals surface area contributed by atoms with Gasteiger partial charge in [-0.25, -0.2) is 0 Å². The van der Waals surface area contributed by atoms with E-state index in [1.807, 2.05) is 13.1 Å². The Morgan fingerprint density at radius 3 is 3.07 bits per heavy atom. The Balaban J connectivity index is 2.44. The number of hydrogen-bond donors (Lipinski definition) is 1. The average Bonchev–Trinajstić information content (AvgIpc) is 2.66. The van der Waals surface area contributed by atoms with Gasteiger partial charge in [0.25, 0.3) is 0 Å². The Morgan fingerprint density at radius 2 is 2.50 bits per heavy atom. The van der Waals surface area contributed by atoms with Crippen LogP contribution in [0.5, 0.6) is 0 Å². The van der Waals surface area contributed by atoms with Crippen molar-refractivity contribution in [2.24, 2.45) is 0 Å². The predicted octanol–water partition coefficient (Wildman–Crippen LogP) is 1.74. The molecule has 0 saturated heterocycles. The first-order valence-corrected chi connectivity index (χ1v) is 4.91. The molecule has 14 heavy (non-hydrogen) atoms. The van der Waals surface area contributed by atoms with E-state index in [-0.39, 0.29) is 0 Å². The molecule has 0 aromatic carbocycles. The van der Waals surface area contributed by atoms with E-state index in [4.69, 9.17) is 6.42 Å². The fourth-order valence-electron chi connectivity index (χ4n) is 1.29. The fourth-order valence-corrected chi connectivity index (χ4v) is 1.29. The maximum Gasteiger partial charge on any atom is 0.0820 e. The van der Waals surface area contributed by atoms with Gasteiger partial charge in [-0.3, -0.25) is 4.68 Å². The van der Waals surface area contributed by atoms with Crippen LogP contribution in [0.4, 0.5) is 0 Å². The van der Waals surface area contributed by atoms with E-state index in [0.717, 1.165) is 24.9 Å². The first-order chi connectivity index (χ1) is 6.77. The van der Waals surface area contributed by atoms with Gasteiger partial charge in [0.1, 0.15) is 0 Å². The van der Waals surface area contributed by atoms with Gasteiger partial charge in [0, 0.05) is 24.7 Å². The van der Waals surface area contributed by atoms with Crippen LogP contribution < -0.4 is 0 Å². The van der Waals surface area contributed by atoms with Crippen molar-refractivity contribution in [3.63, 3.8) is 0 Å². The molecule has 1 N–H and O–H groups in total. The van der Waals surface area contributed by atoms with Crippen LogP contribution in [-0.4, -0.2) is 14.9 Å². The van der Waals surface area contributed by atoms with E-state index in [0.29, 0.717) is 6.42 Å². The molecule has 3 nitrogen and oxygen atoms in total. The van der Waals surface area contributed by atoms with Crippen molar-refractivity contribution in [2.45, 2.75) is 38.8 Å². The molecule has 3 heteroatoms. The number of rotatable bonds is 5. The molecule has 0 aliphatic carbocycles. The van der Waals surface area contributed by atoms with Crippen molar-refractivity contribution in [1.82, 2.24) is 9.78 Å². The Bertz CT molecular complexity index is 311. The average molecular weight is 192 g/mol. The van der Waals surface area contributed by atoms with Gasteiger partial charge in [0.2, 0.25) is 0 Å². The van der Waals surface area contributed by atoms with E-state index in [2.05, 4.69) is 11.0 Å². The SMILES string of the molecule is C#CCCCC(O)c1cnn(CC)c1. The Kier molecular flexibility index (Phi) is 4.21. The normalized spacial score (nSPS) is 12.4. The van der Waals surface area contributed by atoms with Gasteiger partial charge in [0.15, 0.2) is 0 Å². The molecule has 0 amide bonds. The zero-order chi connectivity index (χ0) is 10.4. The summed E-state index contributed by atoms with van der Waals surface area (Å²) < 4.78 is 1.81. The lowest BCUT2D eigenvalue weighted by Crippen LogP contribution is -1.96. The van der Waals surface area contributed by atoms with Gasteiger partial charge < -0.3 is 5.11 Å². The van der Waals surface area contributed by atoms with Crippen molar-refractivity contribution in [3.8, 4) is 12.3 Å². The van der Waals surface area contributed by atoms with Crippen LogP contribution >= 0.6 is 0 Å². The van der Waals surface area contributed by atoms with Gasteiger partial charge in [-0.05, 0) is 19.8 Å². The molecule has 1 heterocycles. The van der Waals surface area contributed by atoms with E-state index in [1.165, 1.54) is 0 Å². The second-order valence-corrected chi connectivity index (χ2v) is 3.24.